The molecule has 0 aliphatic carbocycles. The Morgan fingerprint density at radius 2 is 2.24 bits per heavy atom. The number of aromatic nitrogens is 1. The molecule has 0 fully saturated rings. The Balaban J connectivity index is 3.57. The van der Waals surface area contributed by atoms with Crippen LogP contribution in [0.3, 0.4) is 0 Å². The third kappa shape index (κ3) is 2.73. The van der Waals surface area contributed by atoms with Gasteiger partial charge in [0.2, 0.25) is 0 Å². The van der Waals surface area contributed by atoms with Gasteiger partial charge in [0.25, 0.3) is 12.1 Å². The molecule has 1 aromatic rings. The summed E-state index contributed by atoms with van der Waals surface area (Å²) < 4.78 is 29.6. The summed E-state index contributed by atoms with van der Waals surface area (Å²) in [5.74, 6) is -1.16. The highest BCUT2D eigenvalue weighted by Gasteiger charge is 2.31. The summed E-state index contributed by atoms with van der Waals surface area (Å²) in [4.78, 5) is 24.3. The Bertz CT molecular complexity index is 481. The largest absolute Gasteiger partial charge is 0.464 e. The molecule has 0 saturated heterocycles. The van der Waals surface area contributed by atoms with Gasteiger partial charge in [-0.2, -0.15) is 0 Å². The molecule has 0 amide bonds. The van der Waals surface area contributed by atoms with Gasteiger partial charge in [-0.25, -0.2) is 18.6 Å². The maximum atomic E-state index is 12.7. The molecule has 0 aromatic carbocycles. The molecular weight excluding hydrogens is 306 g/mol. The number of methoxy groups -OCH3 is 1. The number of pyridine rings is 1. The molecule has 0 radical (unpaired) electrons. The second-order valence-corrected chi connectivity index (χ2v) is 3.59. The molecule has 0 atom stereocenters. The van der Waals surface area contributed by atoms with Crippen molar-refractivity contribution in [2.24, 2.45) is 0 Å². The highest BCUT2D eigenvalue weighted by Crippen LogP contribution is 2.33. The fourth-order valence-electron chi connectivity index (χ4n) is 1.13. The molecular formula is C8H5BrF2N2O4. The summed E-state index contributed by atoms with van der Waals surface area (Å²) in [5, 5.41) is 10.6. The van der Waals surface area contributed by atoms with Gasteiger partial charge in [0.05, 0.1) is 12.0 Å². The molecule has 0 saturated carbocycles. The van der Waals surface area contributed by atoms with Crippen LogP contribution in [-0.2, 0) is 4.74 Å². The highest BCUT2D eigenvalue weighted by molar-refractivity contribution is 9.10. The highest BCUT2D eigenvalue weighted by atomic mass is 79.9. The van der Waals surface area contributed by atoms with Gasteiger partial charge in [0.1, 0.15) is 10.2 Å². The lowest BCUT2D eigenvalue weighted by Gasteiger charge is -2.07. The van der Waals surface area contributed by atoms with E-state index in [1.807, 2.05) is 0 Å². The standard InChI is InChI=1S/C8H5BrF2N2O4/c1-17-8(14)6-5(7(10)11)3(13(15)16)2-4(9)12-6/h2,7H,1H3. The number of halogens is 3. The fourth-order valence-corrected chi connectivity index (χ4v) is 1.52. The molecule has 92 valence electrons. The van der Waals surface area contributed by atoms with Crippen molar-refractivity contribution in [2.45, 2.75) is 6.43 Å². The molecule has 17 heavy (non-hydrogen) atoms. The van der Waals surface area contributed by atoms with Gasteiger partial charge in [0.15, 0.2) is 5.69 Å². The van der Waals surface area contributed by atoms with Crippen LogP contribution in [0.4, 0.5) is 14.5 Å². The number of rotatable bonds is 3. The number of alkyl halides is 2. The number of nitro groups is 1. The van der Waals surface area contributed by atoms with Crippen molar-refractivity contribution in [3.8, 4) is 0 Å². The van der Waals surface area contributed by atoms with E-state index in [4.69, 9.17) is 0 Å². The summed E-state index contributed by atoms with van der Waals surface area (Å²) in [7, 11) is 0.964. The van der Waals surface area contributed by atoms with Crippen molar-refractivity contribution in [1.82, 2.24) is 4.98 Å². The summed E-state index contributed by atoms with van der Waals surface area (Å²) in [6, 6.07) is 0.800. The molecule has 9 heteroatoms. The van der Waals surface area contributed by atoms with Crippen LogP contribution in [0.2, 0.25) is 0 Å². The van der Waals surface area contributed by atoms with Crippen molar-refractivity contribution < 1.29 is 23.2 Å². The van der Waals surface area contributed by atoms with E-state index in [0.29, 0.717) is 0 Å². The molecule has 1 heterocycles. The Kier molecular flexibility index (Phi) is 4.05. The average molecular weight is 311 g/mol. The minimum absolute atomic E-state index is 0.103. The molecule has 0 spiro atoms. The number of nitrogens with zero attached hydrogens (tertiary/aromatic N) is 2. The summed E-state index contributed by atoms with van der Waals surface area (Å²) in [6.45, 7) is 0. The van der Waals surface area contributed by atoms with Gasteiger partial charge in [-0.15, -0.1) is 0 Å². The number of hydrogen-bond acceptors (Lipinski definition) is 5. The van der Waals surface area contributed by atoms with E-state index in [9.17, 15) is 23.7 Å². The van der Waals surface area contributed by atoms with Crippen LogP contribution in [0, 0.1) is 10.1 Å². The van der Waals surface area contributed by atoms with Crippen LogP contribution in [0.1, 0.15) is 22.5 Å². The van der Waals surface area contributed by atoms with E-state index in [1.165, 1.54) is 0 Å². The maximum Gasteiger partial charge on any atom is 0.357 e. The van der Waals surface area contributed by atoms with Crippen LogP contribution in [0.5, 0.6) is 0 Å². The lowest BCUT2D eigenvalue weighted by atomic mass is 10.1. The monoisotopic (exact) mass is 310 g/mol. The van der Waals surface area contributed by atoms with Gasteiger partial charge in [-0.1, -0.05) is 0 Å². The van der Waals surface area contributed by atoms with Gasteiger partial charge in [-0.3, -0.25) is 10.1 Å². The number of esters is 1. The zero-order valence-electron chi connectivity index (χ0n) is 8.32. The van der Waals surface area contributed by atoms with Crippen molar-refractivity contribution in [1.29, 1.82) is 0 Å². The lowest BCUT2D eigenvalue weighted by molar-refractivity contribution is -0.386. The fraction of sp³-hybridized carbons (Fsp3) is 0.250. The smallest absolute Gasteiger partial charge is 0.357 e. The first kappa shape index (κ1) is 13.4. The predicted molar refractivity (Wildman–Crippen MR) is 54.9 cm³/mol. The zero-order chi connectivity index (χ0) is 13.2. The molecule has 0 N–H and O–H groups in total. The minimum atomic E-state index is -3.20. The topological polar surface area (TPSA) is 82.3 Å². The summed E-state index contributed by atoms with van der Waals surface area (Å²) in [6.07, 6.45) is -3.20. The Hall–Kier alpha value is -1.64. The van der Waals surface area contributed by atoms with Crippen molar-refractivity contribution in [3.05, 3.63) is 32.0 Å². The van der Waals surface area contributed by atoms with Crippen LogP contribution < -0.4 is 0 Å². The van der Waals surface area contributed by atoms with E-state index in [1.54, 1.807) is 0 Å². The first-order chi connectivity index (χ1) is 7.88. The SMILES string of the molecule is COC(=O)c1nc(Br)cc([N+](=O)[O-])c1C(F)F. The Morgan fingerprint density at radius 3 is 2.65 bits per heavy atom. The molecule has 0 aliphatic rings. The van der Waals surface area contributed by atoms with Crippen LogP contribution >= 0.6 is 15.9 Å². The van der Waals surface area contributed by atoms with Gasteiger partial charge in [0, 0.05) is 6.07 Å². The quantitative estimate of drug-likeness (QED) is 0.371. The average Bonchev–Trinajstić information content (AvgIpc) is 2.26. The molecule has 0 aliphatic heterocycles. The number of carbonyl (C=O) groups is 1. The lowest BCUT2D eigenvalue weighted by Crippen LogP contribution is -2.11. The second kappa shape index (κ2) is 5.13. The number of hydrogen-bond donors (Lipinski definition) is 0. The first-order valence-electron chi connectivity index (χ1n) is 4.09. The molecule has 0 bridgehead atoms. The third-order valence-corrected chi connectivity index (χ3v) is 2.21. The Labute approximate surface area is 102 Å². The van der Waals surface area contributed by atoms with Crippen molar-refractivity contribution in [3.63, 3.8) is 0 Å². The minimum Gasteiger partial charge on any atom is -0.464 e. The van der Waals surface area contributed by atoms with Gasteiger partial charge >= 0.3 is 5.97 Å². The summed E-state index contributed by atoms with van der Waals surface area (Å²) in [5.41, 5.74) is -2.71. The van der Waals surface area contributed by atoms with E-state index in [2.05, 4.69) is 25.7 Å². The number of ether oxygens (including phenoxy) is 1. The van der Waals surface area contributed by atoms with E-state index < -0.39 is 34.3 Å². The first-order valence-corrected chi connectivity index (χ1v) is 4.89. The maximum absolute atomic E-state index is 12.7. The van der Waals surface area contributed by atoms with Crippen molar-refractivity contribution in [2.75, 3.05) is 7.11 Å². The molecule has 0 unspecified atom stereocenters. The molecule has 1 rings (SSSR count). The van der Waals surface area contributed by atoms with E-state index >= 15 is 0 Å². The molecule has 6 nitrogen and oxygen atoms in total. The van der Waals surface area contributed by atoms with Crippen LogP contribution in [0.25, 0.3) is 0 Å². The predicted octanol–water partition coefficient (Wildman–Crippen LogP) is 2.48. The second-order valence-electron chi connectivity index (χ2n) is 2.78. The number of carbonyl (C=O) groups excluding carboxylic acids is 1. The summed E-state index contributed by atoms with van der Waals surface area (Å²) >= 11 is 2.79. The zero-order valence-corrected chi connectivity index (χ0v) is 9.90. The Morgan fingerprint density at radius 1 is 1.65 bits per heavy atom. The van der Waals surface area contributed by atoms with Gasteiger partial charge in [-0.05, 0) is 15.9 Å². The molecule has 1 aromatic heterocycles. The normalized spacial score (nSPS) is 10.4. The van der Waals surface area contributed by atoms with Gasteiger partial charge < -0.3 is 4.74 Å². The van der Waals surface area contributed by atoms with Crippen molar-refractivity contribution >= 4 is 27.6 Å². The van der Waals surface area contributed by atoms with E-state index in [-0.39, 0.29) is 4.60 Å². The van der Waals surface area contributed by atoms with E-state index in [0.717, 1.165) is 13.2 Å². The third-order valence-electron chi connectivity index (χ3n) is 1.80. The van der Waals surface area contributed by atoms with Crippen LogP contribution in [0.15, 0.2) is 10.7 Å². The van der Waals surface area contributed by atoms with Crippen LogP contribution in [-0.4, -0.2) is 23.0 Å².